The largest absolute Gasteiger partial charge is 0.497 e. The van der Waals surface area contributed by atoms with Crippen LogP contribution in [-0.4, -0.2) is 33.2 Å². The van der Waals surface area contributed by atoms with Gasteiger partial charge in [0.05, 0.1) is 14.2 Å². The maximum atomic E-state index is 12.6. The van der Waals surface area contributed by atoms with Gasteiger partial charge >= 0.3 is 0 Å². The molecule has 2 aromatic carbocycles. The van der Waals surface area contributed by atoms with Crippen molar-refractivity contribution in [2.75, 3.05) is 27.4 Å². The summed E-state index contributed by atoms with van der Waals surface area (Å²) in [5, 5.41) is 0. The Morgan fingerprint density at radius 2 is 1.89 bits per heavy atom. The standard InChI is InChI=1S/C23H20O5/c1-25-19-7-9-21-17(12-19)11-18(14-27-21)20(24)8-6-15-10-16-4-3-5-22(26-2)23(16)28-13-15/h3-12H,13-14H2,1-2H3/b8-6+. The zero-order chi connectivity index (χ0) is 19.5. The molecule has 2 aliphatic heterocycles. The number of carbonyl (C=O) groups is 1. The molecule has 0 spiro atoms. The molecule has 2 aromatic rings. The van der Waals surface area contributed by atoms with Gasteiger partial charge in [-0.05, 0) is 48.1 Å². The average molecular weight is 376 g/mol. The highest BCUT2D eigenvalue weighted by atomic mass is 16.5. The third-order valence-electron chi connectivity index (χ3n) is 4.65. The number of ketones is 1. The number of methoxy groups -OCH3 is 2. The summed E-state index contributed by atoms with van der Waals surface area (Å²) in [6.45, 7) is 0.630. The topological polar surface area (TPSA) is 54.0 Å². The van der Waals surface area contributed by atoms with Crippen LogP contribution in [0.4, 0.5) is 0 Å². The second kappa shape index (κ2) is 7.64. The first-order chi connectivity index (χ1) is 13.7. The molecule has 0 saturated heterocycles. The van der Waals surface area contributed by atoms with Crippen molar-refractivity contribution in [3.8, 4) is 23.0 Å². The maximum absolute atomic E-state index is 12.6. The van der Waals surface area contributed by atoms with Crippen molar-refractivity contribution in [2.24, 2.45) is 0 Å². The molecule has 0 aromatic heterocycles. The highest BCUT2D eigenvalue weighted by Gasteiger charge is 2.17. The van der Waals surface area contributed by atoms with E-state index in [0.717, 1.165) is 33.9 Å². The molecule has 5 nitrogen and oxygen atoms in total. The summed E-state index contributed by atoms with van der Waals surface area (Å²) in [5.74, 6) is 2.80. The number of para-hydroxylation sites is 1. The molecule has 2 heterocycles. The minimum Gasteiger partial charge on any atom is -0.497 e. The molecule has 142 valence electrons. The van der Waals surface area contributed by atoms with Crippen LogP contribution < -0.4 is 18.9 Å². The summed E-state index contributed by atoms with van der Waals surface area (Å²) in [5.41, 5.74) is 3.27. The summed E-state index contributed by atoms with van der Waals surface area (Å²) in [4.78, 5) is 12.6. The zero-order valence-corrected chi connectivity index (χ0v) is 15.7. The smallest absolute Gasteiger partial charge is 0.185 e. The van der Waals surface area contributed by atoms with E-state index < -0.39 is 0 Å². The fourth-order valence-corrected chi connectivity index (χ4v) is 3.17. The van der Waals surface area contributed by atoms with E-state index in [1.807, 2.05) is 48.6 Å². The van der Waals surface area contributed by atoms with E-state index in [1.165, 1.54) is 0 Å². The normalized spacial score (nSPS) is 14.8. The monoisotopic (exact) mass is 376 g/mol. The third kappa shape index (κ3) is 3.51. The van der Waals surface area contributed by atoms with E-state index in [-0.39, 0.29) is 12.4 Å². The maximum Gasteiger partial charge on any atom is 0.185 e. The summed E-state index contributed by atoms with van der Waals surface area (Å²) < 4.78 is 22.0. The lowest BCUT2D eigenvalue weighted by atomic mass is 10.0. The van der Waals surface area contributed by atoms with E-state index in [1.54, 1.807) is 26.4 Å². The zero-order valence-electron chi connectivity index (χ0n) is 15.7. The summed E-state index contributed by atoms with van der Waals surface area (Å²) in [6, 6.07) is 11.3. The van der Waals surface area contributed by atoms with E-state index >= 15 is 0 Å². The summed E-state index contributed by atoms with van der Waals surface area (Å²) in [7, 11) is 3.22. The number of hydrogen-bond donors (Lipinski definition) is 0. The van der Waals surface area contributed by atoms with Crippen LogP contribution in [0.25, 0.3) is 12.2 Å². The van der Waals surface area contributed by atoms with Gasteiger partial charge in [-0.3, -0.25) is 4.79 Å². The summed E-state index contributed by atoms with van der Waals surface area (Å²) in [6.07, 6.45) is 7.18. The minimum atomic E-state index is -0.0918. The highest BCUT2D eigenvalue weighted by molar-refractivity contribution is 6.08. The second-order valence-electron chi connectivity index (χ2n) is 6.45. The Morgan fingerprint density at radius 3 is 2.71 bits per heavy atom. The van der Waals surface area contributed by atoms with Gasteiger partial charge in [-0.15, -0.1) is 0 Å². The van der Waals surface area contributed by atoms with Crippen LogP contribution in [0.5, 0.6) is 23.0 Å². The fourth-order valence-electron chi connectivity index (χ4n) is 3.17. The molecule has 28 heavy (non-hydrogen) atoms. The number of allylic oxidation sites excluding steroid dienone is 1. The number of hydrogen-bond acceptors (Lipinski definition) is 5. The van der Waals surface area contributed by atoms with E-state index in [0.29, 0.717) is 17.9 Å². The van der Waals surface area contributed by atoms with Gasteiger partial charge in [-0.25, -0.2) is 0 Å². The molecule has 0 saturated carbocycles. The van der Waals surface area contributed by atoms with Gasteiger partial charge in [0.25, 0.3) is 0 Å². The Hall–Kier alpha value is -3.47. The van der Waals surface area contributed by atoms with E-state index in [2.05, 4.69) is 0 Å². The van der Waals surface area contributed by atoms with Gasteiger partial charge < -0.3 is 18.9 Å². The lowest BCUT2D eigenvalue weighted by Gasteiger charge is -2.19. The molecular formula is C23H20O5. The van der Waals surface area contributed by atoms with Gasteiger partial charge in [0.1, 0.15) is 24.7 Å². The molecule has 0 fully saturated rings. The predicted molar refractivity (Wildman–Crippen MR) is 107 cm³/mol. The fraction of sp³-hybridized carbons (Fsp3) is 0.174. The average Bonchev–Trinajstić information content (AvgIpc) is 2.75. The molecule has 0 unspecified atom stereocenters. The Balaban J connectivity index is 1.53. The highest BCUT2D eigenvalue weighted by Crippen LogP contribution is 2.35. The quantitative estimate of drug-likeness (QED) is 0.736. The Kier molecular flexibility index (Phi) is 4.89. The molecule has 5 heteroatoms. The molecule has 0 bridgehead atoms. The predicted octanol–water partition coefficient (Wildman–Crippen LogP) is 4.08. The minimum absolute atomic E-state index is 0.0918. The third-order valence-corrected chi connectivity index (χ3v) is 4.65. The SMILES string of the molecule is COc1ccc2c(c1)C=C(C(=O)/C=C/C1=Cc3cccc(OC)c3OC1)CO2. The van der Waals surface area contributed by atoms with Crippen LogP contribution in [0.15, 0.2) is 59.7 Å². The molecule has 0 atom stereocenters. The van der Waals surface area contributed by atoms with Crippen molar-refractivity contribution in [3.05, 3.63) is 70.8 Å². The first-order valence-electron chi connectivity index (χ1n) is 8.92. The molecule has 4 rings (SSSR count). The molecule has 2 aliphatic rings. The number of benzene rings is 2. The van der Waals surface area contributed by atoms with E-state index in [4.69, 9.17) is 18.9 Å². The van der Waals surface area contributed by atoms with Crippen molar-refractivity contribution >= 4 is 17.9 Å². The number of rotatable bonds is 5. The van der Waals surface area contributed by atoms with Gasteiger partial charge in [-0.2, -0.15) is 0 Å². The summed E-state index contributed by atoms with van der Waals surface area (Å²) >= 11 is 0. The lowest BCUT2D eigenvalue weighted by Crippen LogP contribution is -2.13. The molecule has 0 aliphatic carbocycles. The van der Waals surface area contributed by atoms with Gasteiger partial charge in [-0.1, -0.05) is 18.2 Å². The molecular weight excluding hydrogens is 356 g/mol. The molecule has 0 radical (unpaired) electrons. The first kappa shape index (κ1) is 17.9. The lowest BCUT2D eigenvalue weighted by molar-refractivity contribution is -0.111. The van der Waals surface area contributed by atoms with Gasteiger partial charge in [0.15, 0.2) is 17.3 Å². The van der Waals surface area contributed by atoms with Crippen LogP contribution >= 0.6 is 0 Å². The van der Waals surface area contributed by atoms with Crippen molar-refractivity contribution in [1.29, 1.82) is 0 Å². The van der Waals surface area contributed by atoms with Crippen LogP contribution in [0.3, 0.4) is 0 Å². The van der Waals surface area contributed by atoms with E-state index in [9.17, 15) is 4.79 Å². The molecule has 0 N–H and O–H groups in total. The van der Waals surface area contributed by atoms with Crippen LogP contribution in [0.1, 0.15) is 11.1 Å². The number of carbonyl (C=O) groups excluding carboxylic acids is 1. The Morgan fingerprint density at radius 1 is 1.00 bits per heavy atom. The van der Waals surface area contributed by atoms with Gasteiger partial charge in [0.2, 0.25) is 0 Å². The second-order valence-corrected chi connectivity index (χ2v) is 6.45. The number of ether oxygens (including phenoxy) is 4. The Bertz CT molecular complexity index is 1010. The van der Waals surface area contributed by atoms with Crippen LogP contribution in [0.2, 0.25) is 0 Å². The van der Waals surface area contributed by atoms with Crippen LogP contribution in [0, 0.1) is 0 Å². The molecule has 0 amide bonds. The van der Waals surface area contributed by atoms with Crippen molar-refractivity contribution in [3.63, 3.8) is 0 Å². The van der Waals surface area contributed by atoms with Crippen LogP contribution in [-0.2, 0) is 4.79 Å². The number of fused-ring (bicyclic) bond motifs is 2. The first-order valence-corrected chi connectivity index (χ1v) is 8.92. The van der Waals surface area contributed by atoms with Crippen molar-refractivity contribution in [2.45, 2.75) is 0 Å². The van der Waals surface area contributed by atoms with Gasteiger partial charge in [0, 0.05) is 16.7 Å². The van der Waals surface area contributed by atoms with Crippen molar-refractivity contribution in [1.82, 2.24) is 0 Å². The Labute approximate surface area is 163 Å². The van der Waals surface area contributed by atoms with Crippen molar-refractivity contribution < 1.29 is 23.7 Å².